The predicted molar refractivity (Wildman–Crippen MR) is 52.1 cm³/mol. The Morgan fingerprint density at radius 2 is 2.29 bits per heavy atom. The topological polar surface area (TPSA) is 27.7 Å². The van der Waals surface area contributed by atoms with E-state index in [2.05, 4.69) is 6.07 Å². The van der Waals surface area contributed by atoms with Gasteiger partial charge in [-0.1, -0.05) is 18.2 Å². The highest BCUT2D eigenvalue weighted by molar-refractivity contribution is 5.34. The van der Waals surface area contributed by atoms with Gasteiger partial charge in [0.05, 0.1) is 0 Å². The Bertz CT molecular complexity index is 298. The SMILES string of the molecule is COCOC1CCc2ccccc2O1. The normalized spacial score (nSPS) is 19.9. The zero-order chi connectivity index (χ0) is 9.80. The number of rotatable bonds is 3. The van der Waals surface area contributed by atoms with Crippen LogP contribution in [0.2, 0.25) is 0 Å². The summed E-state index contributed by atoms with van der Waals surface area (Å²) in [6, 6.07) is 8.05. The summed E-state index contributed by atoms with van der Waals surface area (Å²) in [5.74, 6) is 0.930. The van der Waals surface area contributed by atoms with Gasteiger partial charge in [0.25, 0.3) is 0 Å². The van der Waals surface area contributed by atoms with Crippen molar-refractivity contribution in [2.45, 2.75) is 19.1 Å². The molecule has 0 radical (unpaired) electrons. The molecule has 1 aliphatic heterocycles. The smallest absolute Gasteiger partial charge is 0.202 e. The molecule has 14 heavy (non-hydrogen) atoms. The summed E-state index contributed by atoms with van der Waals surface area (Å²) in [6.45, 7) is 0.285. The zero-order valence-corrected chi connectivity index (χ0v) is 8.23. The van der Waals surface area contributed by atoms with Crippen molar-refractivity contribution in [1.82, 2.24) is 0 Å². The molecule has 0 bridgehead atoms. The Kier molecular flexibility index (Phi) is 3.01. The molecule has 0 saturated carbocycles. The third kappa shape index (κ3) is 2.05. The molecule has 0 aromatic heterocycles. The average Bonchev–Trinajstić information content (AvgIpc) is 2.26. The molecule has 3 nitrogen and oxygen atoms in total. The van der Waals surface area contributed by atoms with Gasteiger partial charge in [0.15, 0.2) is 6.79 Å². The lowest BCUT2D eigenvalue weighted by Gasteiger charge is -2.25. The Morgan fingerprint density at radius 1 is 1.43 bits per heavy atom. The van der Waals surface area contributed by atoms with Crippen molar-refractivity contribution in [3.05, 3.63) is 29.8 Å². The Balaban J connectivity index is 1.99. The largest absolute Gasteiger partial charge is 0.465 e. The van der Waals surface area contributed by atoms with Crippen molar-refractivity contribution in [2.24, 2.45) is 0 Å². The van der Waals surface area contributed by atoms with Crippen molar-refractivity contribution in [3.63, 3.8) is 0 Å². The maximum atomic E-state index is 5.63. The molecule has 1 aromatic rings. The van der Waals surface area contributed by atoms with E-state index in [9.17, 15) is 0 Å². The molecule has 0 amide bonds. The highest BCUT2D eigenvalue weighted by Crippen LogP contribution is 2.27. The van der Waals surface area contributed by atoms with Crippen LogP contribution in [-0.2, 0) is 15.9 Å². The van der Waals surface area contributed by atoms with Gasteiger partial charge in [-0.15, -0.1) is 0 Å². The second kappa shape index (κ2) is 4.44. The van der Waals surface area contributed by atoms with E-state index in [1.807, 2.05) is 18.2 Å². The second-order valence-corrected chi connectivity index (χ2v) is 3.27. The molecular formula is C11H14O3. The summed E-state index contributed by atoms with van der Waals surface area (Å²) < 4.78 is 15.8. The van der Waals surface area contributed by atoms with E-state index in [1.165, 1.54) is 5.56 Å². The molecular weight excluding hydrogens is 180 g/mol. The highest BCUT2D eigenvalue weighted by atomic mass is 16.7. The number of hydrogen-bond donors (Lipinski definition) is 0. The minimum Gasteiger partial charge on any atom is -0.465 e. The fraction of sp³-hybridized carbons (Fsp3) is 0.455. The van der Waals surface area contributed by atoms with E-state index in [4.69, 9.17) is 14.2 Å². The number of para-hydroxylation sites is 1. The molecule has 0 N–H and O–H groups in total. The van der Waals surface area contributed by atoms with Crippen LogP contribution in [0.25, 0.3) is 0 Å². The standard InChI is InChI=1S/C11H14O3/c1-12-8-13-11-7-6-9-4-2-3-5-10(9)14-11/h2-5,11H,6-8H2,1H3. The first-order chi connectivity index (χ1) is 6.90. The molecule has 2 rings (SSSR count). The van der Waals surface area contributed by atoms with Crippen LogP contribution in [0.4, 0.5) is 0 Å². The number of ether oxygens (including phenoxy) is 3. The Labute approximate surface area is 83.6 Å². The molecule has 76 valence electrons. The van der Waals surface area contributed by atoms with Crippen LogP contribution in [0, 0.1) is 0 Å². The number of fused-ring (bicyclic) bond motifs is 1. The van der Waals surface area contributed by atoms with Crippen LogP contribution in [0.15, 0.2) is 24.3 Å². The van der Waals surface area contributed by atoms with Gasteiger partial charge in [-0.2, -0.15) is 0 Å². The lowest BCUT2D eigenvalue weighted by Crippen LogP contribution is -2.26. The van der Waals surface area contributed by atoms with Gasteiger partial charge in [-0.05, 0) is 18.1 Å². The zero-order valence-electron chi connectivity index (χ0n) is 8.23. The minimum absolute atomic E-state index is 0.162. The quantitative estimate of drug-likeness (QED) is 0.688. The first-order valence-corrected chi connectivity index (χ1v) is 4.75. The van der Waals surface area contributed by atoms with E-state index in [1.54, 1.807) is 7.11 Å². The molecule has 0 saturated heterocycles. The van der Waals surface area contributed by atoms with Gasteiger partial charge in [0.2, 0.25) is 6.29 Å². The van der Waals surface area contributed by atoms with Crippen molar-refractivity contribution >= 4 is 0 Å². The maximum absolute atomic E-state index is 5.63. The lowest BCUT2D eigenvalue weighted by atomic mass is 10.1. The molecule has 1 aliphatic rings. The third-order valence-corrected chi connectivity index (χ3v) is 2.25. The lowest BCUT2D eigenvalue weighted by molar-refractivity contribution is -0.153. The van der Waals surface area contributed by atoms with Crippen LogP contribution < -0.4 is 4.74 Å². The monoisotopic (exact) mass is 194 g/mol. The van der Waals surface area contributed by atoms with Crippen LogP contribution in [0.5, 0.6) is 5.75 Å². The summed E-state index contributed by atoms with van der Waals surface area (Å²) in [4.78, 5) is 0. The molecule has 0 fully saturated rings. The van der Waals surface area contributed by atoms with Crippen LogP contribution in [-0.4, -0.2) is 20.2 Å². The van der Waals surface area contributed by atoms with E-state index < -0.39 is 0 Å². The van der Waals surface area contributed by atoms with Crippen molar-refractivity contribution in [2.75, 3.05) is 13.9 Å². The highest BCUT2D eigenvalue weighted by Gasteiger charge is 2.19. The maximum Gasteiger partial charge on any atom is 0.202 e. The molecule has 1 atom stereocenters. The van der Waals surface area contributed by atoms with E-state index in [-0.39, 0.29) is 13.1 Å². The predicted octanol–water partition coefficient (Wildman–Crippen LogP) is 1.96. The van der Waals surface area contributed by atoms with Crippen molar-refractivity contribution < 1.29 is 14.2 Å². The molecule has 0 aliphatic carbocycles. The van der Waals surface area contributed by atoms with Crippen LogP contribution in [0.1, 0.15) is 12.0 Å². The second-order valence-electron chi connectivity index (χ2n) is 3.27. The molecule has 1 unspecified atom stereocenters. The summed E-state index contributed by atoms with van der Waals surface area (Å²) >= 11 is 0. The van der Waals surface area contributed by atoms with Gasteiger partial charge in [0, 0.05) is 13.5 Å². The average molecular weight is 194 g/mol. The number of aryl methyl sites for hydroxylation is 1. The van der Waals surface area contributed by atoms with Gasteiger partial charge < -0.3 is 14.2 Å². The van der Waals surface area contributed by atoms with Crippen molar-refractivity contribution in [1.29, 1.82) is 0 Å². The summed E-state index contributed by atoms with van der Waals surface area (Å²) in [7, 11) is 1.61. The Morgan fingerprint density at radius 3 is 3.14 bits per heavy atom. The molecule has 3 heteroatoms. The molecule has 0 spiro atoms. The molecule has 1 aromatic carbocycles. The van der Waals surface area contributed by atoms with Gasteiger partial charge in [-0.25, -0.2) is 0 Å². The summed E-state index contributed by atoms with van der Waals surface area (Å²) in [6.07, 6.45) is 1.73. The number of methoxy groups -OCH3 is 1. The van der Waals surface area contributed by atoms with E-state index in [0.717, 1.165) is 18.6 Å². The number of hydrogen-bond acceptors (Lipinski definition) is 3. The third-order valence-electron chi connectivity index (χ3n) is 2.25. The minimum atomic E-state index is -0.162. The van der Waals surface area contributed by atoms with Gasteiger partial charge >= 0.3 is 0 Å². The fourth-order valence-corrected chi connectivity index (χ4v) is 1.56. The van der Waals surface area contributed by atoms with E-state index in [0.29, 0.717) is 0 Å². The van der Waals surface area contributed by atoms with E-state index >= 15 is 0 Å². The van der Waals surface area contributed by atoms with Crippen LogP contribution in [0.3, 0.4) is 0 Å². The number of benzene rings is 1. The first kappa shape index (κ1) is 9.49. The first-order valence-electron chi connectivity index (χ1n) is 4.75. The van der Waals surface area contributed by atoms with Gasteiger partial charge in [-0.3, -0.25) is 0 Å². The van der Waals surface area contributed by atoms with Crippen molar-refractivity contribution in [3.8, 4) is 5.75 Å². The molecule has 1 heterocycles. The van der Waals surface area contributed by atoms with Crippen LogP contribution >= 0.6 is 0 Å². The fourth-order valence-electron chi connectivity index (χ4n) is 1.56. The summed E-state index contributed by atoms with van der Waals surface area (Å²) in [5.41, 5.74) is 1.25. The van der Waals surface area contributed by atoms with Gasteiger partial charge in [0.1, 0.15) is 5.75 Å². The summed E-state index contributed by atoms with van der Waals surface area (Å²) in [5, 5.41) is 0. The Hall–Kier alpha value is -1.06.